The summed E-state index contributed by atoms with van der Waals surface area (Å²) in [5.74, 6) is 0.669. The summed E-state index contributed by atoms with van der Waals surface area (Å²) in [7, 11) is 0. The molecule has 1 aromatic heterocycles. The predicted octanol–water partition coefficient (Wildman–Crippen LogP) is 2.84. The average Bonchev–Trinajstić information content (AvgIpc) is 2.87. The molecule has 0 unspecified atom stereocenters. The maximum Gasteiger partial charge on any atom is 0.227 e. The lowest BCUT2D eigenvalue weighted by atomic mass is 9.87. The van der Waals surface area contributed by atoms with E-state index in [4.69, 9.17) is 5.73 Å². The number of carbonyl (C=O) groups is 1. The van der Waals surface area contributed by atoms with E-state index >= 15 is 0 Å². The minimum atomic E-state index is -0.355. The van der Waals surface area contributed by atoms with Gasteiger partial charge >= 0.3 is 0 Å². The second-order valence-corrected chi connectivity index (χ2v) is 7.08. The van der Waals surface area contributed by atoms with Crippen LogP contribution in [0.3, 0.4) is 0 Å². The zero-order valence-corrected chi connectivity index (χ0v) is 14.3. The lowest BCUT2D eigenvalue weighted by Crippen LogP contribution is -2.13. The molecule has 118 valence electrons. The highest BCUT2D eigenvalue weighted by Gasteiger charge is 2.16. The van der Waals surface area contributed by atoms with E-state index in [2.05, 4.69) is 55.2 Å². The molecule has 0 aliphatic rings. The fourth-order valence-electron chi connectivity index (χ4n) is 2.15. The van der Waals surface area contributed by atoms with Crippen LogP contribution in [-0.4, -0.2) is 26.4 Å². The van der Waals surface area contributed by atoms with E-state index in [1.54, 1.807) is 0 Å². The quantitative estimate of drug-likeness (QED) is 0.860. The van der Waals surface area contributed by atoms with Crippen molar-refractivity contribution in [3.63, 3.8) is 0 Å². The van der Waals surface area contributed by atoms with Crippen LogP contribution in [-0.2, 0) is 16.8 Å². The van der Waals surface area contributed by atoms with Gasteiger partial charge in [-0.15, -0.1) is 10.2 Å². The number of nitrogens with zero attached hydrogens (tertiary/aromatic N) is 3. The Bertz CT molecular complexity index is 656. The molecule has 0 saturated carbocycles. The van der Waals surface area contributed by atoms with Crippen molar-refractivity contribution in [1.82, 2.24) is 14.8 Å². The largest absolute Gasteiger partial charge is 0.369 e. The van der Waals surface area contributed by atoms with Gasteiger partial charge in [-0.1, -0.05) is 56.8 Å². The molecule has 2 N–H and O–H groups in total. The summed E-state index contributed by atoms with van der Waals surface area (Å²) in [5.41, 5.74) is 7.62. The summed E-state index contributed by atoms with van der Waals surface area (Å²) in [6.07, 6.45) is 0. The number of nitrogens with two attached hydrogens (primary N) is 1. The van der Waals surface area contributed by atoms with Crippen molar-refractivity contribution in [2.24, 2.45) is 5.73 Å². The van der Waals surface area contributed by atoms with Gasteiger partial charge in [-0.3, -0.25) is 4.79 Å². The first-order valence-electron chi connectivity index (χ1n) is 7.28. The van der Waals surface area contributed by atoms with E-state index in [1.165, 1.54) is 17.3 Å². The Labute approximate surface area is 135 Å². The van der Waals surface area contributed by atoms with Crippen LogP contribution < -0.4 is 5.73 Å². The number of rotatable bonds is 5. The summed E-state index contributed by atoms with van der Waals surface area (Å²) in [4.78, 5) is 10.9. The lowest BCUT2D eigenvalue weighted by molar-refractivity contribution is -0.115. The number of hydrogen-bond acceptors (Lipinski definition) is 4. The maximum atomic E-state index is 10.9. The van der Waals surface area contributed by atoms with E-state index in [0.717, 1.165) is 23.1 Å². The third-order valence-electron chi connectivity index (χ3n) is 3.39. The molecule has 5 nitrogen and oxygen atoms in total. The van der Waals surface area contributed by atoms with Crippen LogP contribution in [0.5, 0.6) is 0 Å². The first-order chi connectivity index (χ1) is 10.3. The van der Waals surface area contributed by atoms with Crippen molar-refractivity contribution in [3.8, 4) is 11.4 Å². The van der Waals surface area contributed by atoms with Gasteiger partial charge in [-0.2, -0.15) is 0 Å². The Morgan fingerprint density at radius 3 is 2.36 bits per heavy atom. The van der Waals surface area contributed by atoms with Crippen molar-refractivity contribution in [2.45, 2.75) is 44.8 Å². The molecule has 0 atom stereocenters. The second-order valence-electron chi connectivity index (χ2n) is 6.13. The number of amides is 1. The molecular weight excluding hydrogens is 296 g/mol. The highest BCUT2D eigenvalue weighted by molar-refractivity contribution is 7.99. The van der Waals surface area contributed by atoms with Crippen molar-refractivity contribution < 1.29 is 4.79 Å². The fraction of sp³-hybridized carbons (Fsp3) is 0.438. The van der Waals surface area contributed by atoms with Crippen molar-refractivity contribution >= 4 is 17.7 Å². The van der Waals surface area contributed by atoms with E-state index in [1.807, 2.05) is 11.5 Å². The van der Waals surface area contributed by atoms with Gasteiger partial charge in [0.05, 0.1) is 5.75 Å². The second kappa shape index (κ2) is 6.52. The Morgan fingerprint density at radius 2 is 1.86 bits per heavy atom. The van der Waals surface area contributed by atoms with Gasteiger partial charge in [0, 0.05) is 12.1 Å². The normalized spacial score (nSPS) is 11.6. The topological polar surface area (TPSA) is 73.8 Å². The number of thioether (sulfide) groups is 1. The first-order valence-corrected chi connectivity index (χ1v) is 8.26. The van der Waals surface area contributed by atoms with E-state index in [0.29, 0.717) is 0 Å². The lowest BCUT2D eigenvalue weighted by Gasteiger charge is -2.19. The molecule has 22 heavy (non-hydrogen) atoms. The molecule has 0 saturated heterocycles. The van der Waals surface area contributed by atoms with Crippen LogP contribution in [0.1, 0.15) is 33.3 Å². The van der Waals surface area contributed by atoms with Crippen molar-refractivity contribution in [1.29, 1.82) is 0 Å². The van der Waals surface area contributed by atoms with Gasteiger partial charge in [0.2, 0.25) is 5.91 Å². The van der Waals surface area contributed by atoms with Crippen molar-refractivity contribution in [2.75, 3.05) is 5.75 Å². The van der Waals surface area contributed by atoms with Crippen LogP contribution >= 0.6 is 11.8 Å². The third kappa shape index (κ3) is 3.68. The Hall–Kier alpha value is -1.82. The van der Waals surface area contributed by atoms with E-state index < -0.39 is 0 Å². The van der Waals surface area contributed by atoms with Gasteiger partial charge in [0.1, 0.15) is 0 Å². The summed E-state index contributed by atoms with van der Waals surface area (Å²) < 4.78 is 2.00. The molecule has 0 aliphatic carbocycles. The zero-order valence-electron chi connectivity index (χ0n) is 13.5. The summed E-state index contributed by atoms with van der Waals surface area (Å²) in [5, 5.41) is 9.16. The number of aromatic nitrogens is 3. The summed E-state index contributed by atoms with van der Waals surface area (Å²) in [6.45, 7) is 9.34. The molecular formula is C16H22N4OS. The molecule has 0 fully saturated rings. The molecule has 1 aromatic carbocycles. The minimum absolute atomic E-state index is 0.124. The molecule has 1 heterocycles. The van der Waals surface area contributed by atoms with Crippen LogP contribution in [0.2, 0.25) is 0 Å². The molecule has 2 aromatic rings. The number of carbonyl (C=O) groups excluding carboxylic acids is 1. The Kier molecular flexibility index (Phi) is 4.90. The van der Waals surface area contributed by atoms with Gasteiger partial charge in [-0.05, 0) is 17.9 Å². The standard InChI is InChI=1S/C16H22N4OS/c1-5-20-14(18-19-15(20)22-10-13(17)21)11-6-8-12(9-7-11)16(2,3)4/h6-9H,5,10H2,1-4H3,(H2,17,21). The highest BCUT2D eigenvalue weighted by atomic mass is 32.2. The van der Waals surface area contributed by atoms with Gasteiger partial charge in [-0.25, -0.2) is 0 Å². The fourth-order valence-corrected chi connectivity index (χ4v) is 2.89. The average molecular weight is 318 g/mol. The maximum absolute atomic E-state index is 10.9. The third-order valence-corrected chi connectivity index (χ3v) is 4.37. The van der Waals surface area contributed by atoms with Gasteiger partial charge in [0.15, 0.2) is 11.0 Å². The number of primary amides is 1. The number of benzene rings is 1. The van der Waals surface area contributed by atoms with Crippen molar-refractivity contribution in [3.05, 3.63) is 29.8 Å². The summed E-state index contributed by atoms with van der Waals surface area (Å²) >= 11 is 1.32. The molecule has 6 heteroatoms. The first kappa shape index (κ1) is 16.5. The molecule has 1 amide bonds. The Morgan fingerprint density at radius 1 is 1.23 bits per heavy atom. The van der Waals surface area contributed by atoms with Crippen LogP contribution in [0.25, 0.3) is 11.4 Å². The molecule has 2 rings (SSSR count). The SMILES string of the molecule is CCn1c(SCC(N)=O)nnc1-c1ccc(C(C)(C)C)cc1. The van der Waals surface area contributed by atoms with Gasteiger partial charge < -0.3 is 10.3 Å². The molecule has 0 radical (unpaired) electrons. The van der Waals surface area contributed by atoms with Crippen LogP contribution in [0.4, 0.5) is 0 Å². The molecule has 0 spiro atoms. The predicted molar refractivity (Wildman–Crippen MR) is 89.8 cm³/mol. The van der Waals surface area contributed by atoms with Crippen LogP contribution in [0.15, 0.2) is 29.4 Å². The smallest absolute Gasteiger partial charge is 0.227 e. The van der Waals surface area contributed by atoms with Gasteiger partial charge in [0.25, 0.3) is 0 Å². The van der Waals surface area contributed by atoms with E-state index in [9.17, 15) is 4.79 Å². The molecule has 0 aliphatic heterocycles. The number of hydrogen-bond donors (Lipinski definition) is 1. The van der Waals surface area contributed by atoms with Crippen LogP contribution in [0, 0.1) is 0 Å². The highest BCUT2D eigenvalue weighted by Crippen LogP contribution is 2.27. The monoisotopic (exact) mass is 318 g/mol. The summed E-state index contributed by atoms with van der Waals surface area (Å²) in [6, 6.07) is 8.39. The molecule has 0 bridgehead atoms. The zero-order chi connectivity index (χ0) is 16.3. The van der Waals surface area contributed by atoms with E-state index in [-0.39, 0.29) is 17.1 Å². The Balaban J connectivity index is 2.30. The minimum Gasteiger partial charge on any atom is -0.369 e.